The van der Waals surface area contributed by atoms with E-state index in [1.807, 2.05) is 30.3 Å². The van der Waals surface area contributed by atoms with Gasteiger partial charge in [0.1, 0.15) is 0 Å². The fourth-order valence-corrected chi connectivity index (χ4v) is 4.00. The van der Waals surface area contributed by atoms with Crippen LogP contribution in [0.4, 0.5) is 0 Å². The van der Waals surface area contributed by atoms with Crippen molar-refractivity contribution in [3.8, 4) is 11.1 Å². The highest BCUT2D eigenvalue weighted by atomic mass is 32.1. The van der Waals surface area contributed by atoms with Crippen LogP contribution < -0.4 is 0 Å². The molecule has 0 aliphatic heterocycles. The second-order valence-electron chi connectivity index (χ2n) is 7.68. The van der Waals surface area contributed by atoms with Crippen molar-refractivity contribution >= 4 is 17.3 Å². The minimum Gasteiger partial charge on any atom is -0.478 e. The molecule has 1 aromatic heterocycles. The summed E-state index contributed by atoms with van der Waals surface area (Å²) in [7, 11) is 0. The molecule has 0 saturated heterocycles. The van der Waals surface area contributed by atoms with Crippen LogP contribution in [0.2, 0.25) is 0 Å². The molecule has 0 aliphatic carbocycles. The average Bonchev–Trinajstić information content (AvgIpc) is 2.79. The molecule has 1 aromatic carbocycles. The largest absolute Gasteiger partial charge is 0.478 e. The Balaban J connectivity index is 2.90. The molecule has 0 unspecified atom stereocenters. The van der Waals surface area contributed by atoms with Gasteiger partial charge in [0.05, 0.1) is 5.56 Å². The van der Waals surface area contributed by atoms with Gasteiger partial charge in [0.15, 0.2) is 0 Å². The normalized spacial score (nSPS) is 12.5. The van der Waals surface area contributed by atoms with Gasteiger partial charge in [0, 0.05) is 15.3 Å². The summed E-state index contributed by atoms with van der Waals surface area (Å²) in [5.41, 5.74) is 2.05. The first-order chi connectivity index (χ1) is 10.0. The number of thiophene rings is 1. The third kappa shape index (κ3) is 3.09. The Morgan fingerprint density at radius 1 is 0.909 bits per heavy atom. The van der Waals surface area contributed by atoms with Crippen molar-refractivity contribution in [3.63, 3.8) is 0 Å². The van der Waals surface area contributed by atoms with E-state index in [4.69, 9.17) is 0 Å². The molecular formula is C19H24O2S. The molecule has 22 heavy (non-hydrogen) atoms. The number of hydrogen-bond acceptors (Lipinski definition) is 2. The molecule has 1 N–H and O–H groups in total. The molecule has 2 aromatic rings. The van der Waals surface area contributed by atoms with Gasteiger partial charge < -0.3 is 5.11 Å². The maximum atomic E-state index is 12.0. The van der Waals surface area contributed by atoms with Crippen molar-refractivity contribution in [2.75, 3.05) is 0 Å². The molecule has 0 bridgehead atoms. The van der Waals surface area contributed by atoms with E-state index in [0.29, 0.717) is 5.56 Å². The fourth-order valence-electron chi connectivity index (χ4n) is 2.57. The van der Waals surface area contributed by atoms with Crippen LogP contribution in [-0.2, 0) is 10.8 Å². The Morgan fingerprint density at radius 2 is 1.41 bits per heavy atom. The van der Waals surface area contributed by atoms with Gasteiger partial charge in [-0.3, -0.25) is 0 Å². The number of rotatable bonds is 2. The van der Waals surface area contributed by atoms with Gasteiger partial charge in [-0.05, 0) is 16.4 Å². The summed E-state index contributed by atoms with van der Waals surface area (Å²) in [4.78, 5) is 14.1. The van der Waals surface area contributed by atoms with Crippen molar-refractivity contribution in [2.45, 2.75) is 52.4 Å². The van der Waals surface area contributed by atoms with E-state index in [0.717, 1.165) is 20.9 Å². The number of aromatic carboxylic acids is 1. The van der Waals surface area contributed by atoms with Crippen LogP contribution in [-0.4, -0.2) is 11.1 Å². The van der Waals surface area contributed by atoms with E-state index in [1.165, 1.54) is 0 Å². The van der Waals surface area contributed by atoms with Crippen molar-refractivity contribution in [1.29, 1.82) is 0 Å². The molecule has 0 atom stereocenters. The summed E-state index contributed by atoms with van der Waals surface area (Å²) in [5.74, 6) is -0.837. The maximum Gasteiger partial charge on any atom is 0.337 e. The van der Waals surface area contributed by atoms with Crippen LogP contribution in [0.15, 0.2) is 30.3 Å². The smallest absolute Gasteiger partial charge is 0.337 e. The van der Waals surface area contributed by atoms with Crippen LogP contribution in [0.3, 0.4) is 0 Å². The van der Waals surface area contributed by atoms with Crippen LogP contribution >= 0.6 is 11.3 Å². The molecule has 2 nitrogen and oxygen atoms in total. The van der Waals surface area contributed by atoms with E-state index < -0.39 is 5.97 Å². The highest BCUT2D eigenvalue weighted by molar-refractivity contribution is 7.13. The first-order valence-corrected chi connectivity index (χ1v) is 8.31. The summed E-state index contributed by atoms with van der Waals surface area (Å²) >= 11 is 1.64. The second kappa shape index (κ2) is 5.54. The zero-order valence-corrected chi connectivity index (χ0v) is 15.0. The Kier molecular flexibility index (Phi) is 4.22. The first kappa shape index (κ1) is 16.8. The number of carboxylic acids is 1. The van der Waals surface area contributed by atoms with Crippen LogP contribution in [0.25, 0.3) is 11.1 Å². The Labute approximate surface area is 136 Å². The minimum atomic E-state index is -0.837. The van der Waals surface area contributed by atoms with Crippen molar-refractivity contribution in [2.24, 2.45) is 0 Å². The SMILES string of the molecule is CC(C)(C)c1sc(C(C)(C)C)c(-c2ccccc2)c1C(=O)O. The van der Waals surface area contributed by atoms with E-state index in [1.54, 1.807) is 11.3 Å². The third-order valence-corrected chi connectivity index (χ3v) is 5.59. The number of carbonyl (C=O) groups is 1. The van der Waals surface area contributed by atoms with Crippen molar-refractivity contribution in [3.05, 3.63) is 45.6 Å². The van der Waals surface area contributed by atoms with Gasteiger partial charge in [-0.25, -0.2) is 4.79 Å². The van der Waals surface area contributed by atoms with E-state index in [2.05, 4.69) is 41.5 Å². The maximum absolute atomic E-state index is 12.0. The number of carboxylic acid groups (broad SMARTS) is 1. The lowest BCUT2D eigenvalue weighted by molar-refractivity contribution is 0.0696. The topological polar surface area (TPSA) is 37.3 Å². The summed E-state index contributed by atoms with van der Waals surface area (Å²) in [6, 6.07) is 9.87. The van der Waals surface area contributed by atoms with E-state index in [9.17, 15) is 9.90 Å². The zero-order chi connectivity index (χ0) is 16.7. The van der Waals surface area contributed by atoms with Crippen LogP contribution in [0.5, 0.6) is 0 Å². The number of benzene rings is 1. The first-order valence-electron chi connectivity index (χ1n) is 7.50. The van der Waals surface area contributed by atoms with Gasteiger partial charge in [0.2, 0.25) is 0 Å². The Bertz CT molecular complexity index is 683. The minimum absolute atomic E-state index is 0.0937. The molecule has 0 amide bonds. The predicted molar refractivity (Wildman–Crippen MR) is 94.1 cm³/mol. The van der Waals surface area contributed by atoms with E-state index in [-0.39, 0.29) is 10.8 Å². The highest BCUT2D eigenvalue weighted by Gasteiger charge is 2.34. The Hall–Kier alpha value is -1.61. The molecule has 0 fully saturated rings. The fraction of sp³-hybridized carbons (Fsp3) is 0.421. The highest BCUT2D eigenvalue weighted by Crippen LogP contribution is 2.46. The van der Waals surface area contributed by atoms with Crippen molar-refractivity contribution in [1.82, 2.24) is 0 Å². The second-order valence-corrected chi connectivity index (χ2v) is 8.70. The lowest BCUT2D eigenvalue weighted by atomic mass is 9.84. The van der Waals surface area contributed by atoms with Gasteiger partial charge in [-0.2, -0.15) is 0 Å². The molecule has 1 heterocycles. The molecule has 0 spiro atoms. The number of hydrogen-bond donors (Lipinski definition) is 1. The third-order valence-electron chi connectivity index (χ3n) is 3.55. The Morgan fingerprint density at radius 3 is 1.82 bits per heavy atom. The van der Waals surface area contributed by atoms with Crippen LogP contribution in [0, 0.1) is 0 Å². The van der Waals surface area contributed by atoms with Gasteiger partial charge in [0.25, 0.3) is 0 Å². The van der Waals surface area contributed by atoms with Crippen LogP contribution in [0.1, 0.15) is 61.7 Å². The summed E-state index contributed by atoms with van der Waals surface area (Å²) in [6.45, 7) is 12.7. The molecule has 3 heteroatoms. The monoisotopic (exact) mass is 316 g/mol. The molecule has 2 rings (SSSR count). The molecule has 0 aliphatic rings. The quantitative estimate of drug-likeness (QED) is 0.770. The van der Waals surface area contributed by atoms with E-state index >= 15 is 0 Å². The van der Waals surface area contributed by atoms with Gasteiger partial charge >= 0.3 is 5.97 Å². The molecule has 118 valence electrons. The molecule has 0 saturated carbocycles. The lowest BCUT2D eigenvalue weighted by Gasteiger charge is -2.19. The predicted octanol–water partition coefficient (Wildman–Crippen LogP) is 5.71. The molecular weight excluding hydrogens is 292 g/mol. The standard InChI is InChI=1S/C19H24O2S/c1-18(2,3)15-13(12-10-8-7-9-11-12)14(17(20)21)16(22-15)19(4,5)6/h7-11H,1-6H3,(H,20,21). The lowest BCUT2D eigenvalue weighted by Crippen LogP contribution is -2.14. The van der Waals surface area contributed by atoms with Crippen molar-refractivity contribution < 1.29 is 9.90 Å². The summed E-state index contributed by atoms with van der Waals surface area (Å²) in [6.07, 6.45) is 0. The zero-order valence-electron chi connectivity index (χ0n) is 14.2. The average molecular weight is 316 g/mol. The summed E-state index contributed by atoms with van der Waals surface area (Å²) in [5, 5.41) is 9.86. The van der Waals surface area contributed by atoms with Gasteiger partial charge in [-0.15, -0.1) is 11.3 Å². The summed E-state index contributed by atoms with van der Waals surface area (Å²) < 4.78 is 0. The van der Waals surface area contributed by atoms with Gasteiger partial charge in [-0.1, -0.05) is 71.9 Å². The molecule has 0 radical (unpaired) electrons.